The number of carbonyl (C=O) groups excluding carboxylic acids is 1. The number of carboxylic acid groups (broad SMARTS) is 2. The molecule has 2 aromatic carbocycles. The van der Waals surface area contributed by atoms with Crippen molar-refractivity contribution in [1.29, 1.82) is 0 Å². The summed E-state index contributed by atoms with van der Waals surface area (Å²) < 4.78 is 12.6. The van der Waals surface area contributed by atoms with Gasteiger partial charge in [0.25, 0.3) is 0 Å². The van der Waals surface area contributed by atoms with Crippen LogP contribution in [0.5, 0.6) is 0 Å². The Labute approximate surface area is 213 Å². The molecule has 190 valence electrons. The van der Waals surface area contributed by atoms with E-state index in [1.165, 1.54) is 15.6 Å². The van der Waals surface area contributed by atoms with Gasteiger partial charge in [-0.3, -0.25) is 4.90 Å². The van der Waals surface area contributed by atoms with E-state index >= 15 is 0 Å². The van der Waals surface area contributed by atoms with Crippen LogP contribution in [0.4, 0.5) is 0 Å². The van der Waals surface area contributed by atoms with Crippen LogP contribution in [0.3, 0.4) is 0 Å². The van der Waals surface area contributed by atoms with Gasteiger partial charge in [0.15, 0.2) is 0 Å². The normalized spacial score (nSPS) is 13.7. The van der Waals surface area contributed by atoms with E-state index in [1.807, 2.05) is 18.2 Å². The molecule has 4 rings (SSSR count). The lowest BCUT2D eigenvalue weighted by Gasteiger charge is -2.38. The van der Waals surface area contributed by atoms with E-state index in [0.717, 1.165) is 45.7 Å². The van der Waals surface area contributed by atoms with Crippen molar-refractivity contribution in [3.8, 4) is 0 Å². The molecule has 1 fully saturated rings. The van der Waals surface area contributed by atoms with Crippen LogP contribution < -0.4 is 0 Å². The zero-order chi connectivity index (χ0) is 25.8. The third-order valence-electron chi connectivity index (χ3n) is 5.39. The Morgan fingerprint density at radius 1 is 0.972 bits per heavy atom. The van der Waals surface area contributed by atoms with E-state index in [-0.39, 0.29) is 12.1 Å². The van der Waals surface area contributed by atoms with Gasteiger partial charge in [0.2, 0.25) is 0 Å². The smallest absolute Gasteiger partial charge is 0.338 e. The Balaban J connectivity index is 0.000000392. The number of hydrogen-bond acceptors (Lipinski definition) is 7. The molecule has 0 radical (unpaired) electrons. The molecule has 0 saturated carbocycles. The molecular weight excluding hydrogens is 482 g/mol. The number of fused-ring (bicyclic) bond motifs is 1. The van der Waals surface area contributed by atoms with Crippen molar-refractivity contribution >= 4 is 39.3 Å². The Hall–Kier alpha value is -3.53. The van der Waals surface area contributed by atoms with Gasteiger partial charge >= 0.3 is 17.9 Å². The molecule has 8 nitrogen and oxygen atoms in total. The number of ether oxygens (including phenoxy) is 2. The van der Waals surface area contributed by atoms with Crippen LogP contribution in [0.15, 0.2) is 72.1 Å². The average Bonchev–Trinajstić information content (AvgIpc) is 3.32. The highest BCUT2D eigenvalue weighted by Gasteiger charge is 2.29. The number of esters is 1. The molecule has 2 heterocycles. The van der Waals surface area contributed by atoms with Crippen LogP contribution in [0.2, 0.25) is 0 Å². The molecule has 9 heteroatoms. The van der Waals surface area contributed by atoms with Gasteiger partial charge in [-0.05, 0) is 53.4 Å². The van der Waals surface area contributed by atoms with Crippen LogP contribution in [-0.4, -0.2) is 72.0 Å². The summed E-state index contributed by atoms with van der Waals surface area (Å²) in [5.41, 5.74) is 1.95. The monoisotopic (exact) mass is 511 g/mol. The highest BCUT2D eigenvalue weighted by atomic mass is 32.1. The molecule has 3 aromatic rings. The Morgan fingerprint density at radius 3 is 2.39 bits per heavy atom. The van der Waals surface area contributed by atoms with E-state index in [9.17, 15) is 14.4 Å². The second-order valence-corrected chi connectivity index (χ2v) is 9.12. The van der Waals surface area contributed by atoms with Crippen molar-refractivity contribution < 1.29 is 34.1 Å². The standard InChI is InChI=1S/C23H25NO3S.C4H4O4/c25-23(19-5-2-1-3-6-19)27-21-16-24(17-21)11-4-12-26-13-9-18-7-8-22-20(15-18)10-14-28-22;5-3(6)1-2-4(7)8/h1-3,5-8,10,14-15,21H,4,9,11-13,16-17H2;1-2H,(H,5,6)(H,7,8)/b;2-1-. The van der Waals surface area contributed by atoms with Crippen molar-refractivity contribution in [3.05, 3.63) is 83.3 Å². The average molecular weight is 512 g/mol. The summed E-state index contributed by atoms with van der Waals surface area (Å²) in [4.78, 5) is 33.4. The fourth-order valence-corrected chi connectivity index (χ4v) is 4.34. The first-order valence-corrected chi connectivity index (χ1v) is 12.4. The molecule has 1 aliphatic heterocycles. The number of carbonyl (C=O) groups is 3. The van der Waals surface area contributed by atoms with Crippen molar-refractivity contribution in [2.75, 3.05) is 32.8 Å². The molecule has 0 unspecified atom stereocenters. The second-order valence-electron chi connectivity index (χ2n) is 8.17. The highest BCUT2D eigenvalue weighted by Crippen LogP contribution is 2.22. The predicted octanol–water partition coefficient (Wildman–Crippen LogP) is 4.10. The summed E-state index contributed by atoms with van der Waals surface area (Å²) in [5, 5.41) is 19.1. The van der Waals surface area contributed by atoms with E-state index in [0.29, 0.717) is 17.7 Å². The van der Waals surface area contributed by atoms with Crippen LogP contribution in [-0.2, 0) is 25.5 Å². The summed E-state index contributed by atoms with van der Waals surface area (Å²) >= 11 is 1.78. The van der Waals surface area contributed by atoms with Gasteiger partial charge in [-0.2, -0.15) is 0 Å². The molecular formula is C27H29NO7S. The fourth-order valence-electron chi connectivity index (χ4n) is 3.57. The lowest BCUT2D eigenvalue weighted by Crippen LogP contribution is -2.53. The summed E-state index contributed by atoms with van der Waals surface area (Å²) in [7, 11) is 0. The quantitative estimate of drug-likeness (QED) is 0.225. The molecule has 1 saturated heterocycles. The maximum atomic E-state index is 12.0. The zero-order valence-corrected chi connectivity index (χ0v) is 20.6. The Bertz CT molecular complexity index is 1150. The predicted molar refractivity (Wildman–Crippen MR) is 137 cm³/mol. The van der Waals surface area contributed by atoms with Crippen molar-refractivity contribution in [2.24, 2.45) is 0 Å². The topological polar surface area (TPSA) is 113 Å². The second kappa shape index (κ2) is 14.1. The minimum atomic E-state index is -1.26. The Morgan fingerprint density at radius 2 is 1.69 bits per heavy atom. The third kappa shape index (κ3) is 9.26. The van der Waals surface area contributed by atoms with Gasteiger partial charge < -0.3 is 19.7 Å². The number of nitrogens with zero attached hydrogens (tertiary/aromatic N) is 1. The van der Waals surface area contributed by atoms with Crippen LogP contribution in [0.1, 0.15) is 22.3 Å². The fraction of sp³-hybridized carbons (Fsp3) is 0.296. The lowest BCUT2D eigenvalue weighted by molar-refractivity contribution is -0.134. The van der Waals surface area contributed by atoms with Gasteiger partial charge in [0.05, 0.1) is 12.2 Å². The number of thiophene rings is 1. The SMILES string of the molecule is O=C(O)/C=C\C(=O)O.O=C(OC1CN(CCCOCCc2ccc3sccc3c2)C1)c1ccccc1. The number of rotatable bonds is 11. The van der Waals surface area contributed by atoms with Crippen molar-refractivity contribution in [2.45, 2.75) is 18.9 Å². The van der Waals surface area contributed by atoms with E-state index < -0.39 is 11.9 Å². The minimum Gasteiger partial charge on any atom is -0.478 e. The van der Waals surface area contributed by atoms with Crippen molar-refractivity contribution in [3.63, 3.8) is 0 Å². The third-order valence-corrected chi connectivity index (χ3v) is 6.29. The van der Waals surface area contributed by atoms with Crippen LogP contribution in [0, 0.1) is 0 Å². The highest BCUT2D eigenvalue weighted by molar-refractivity contribution is 7.17. The summed E-state index contributed by atoms with van der Waals surface area (Å²) in [5.74, 6) is -2.74. The van der Waals surface area contributed by atoms with E-state index in [4.69, 9.17) is 19.7 Å². The molecule has 0 spiro atoms. The van der Waals surface area contributed by atoms with Gasteiger partial charge in [-0.1, -0.05) is 30.3 Å². The molecule has 2 N–H and O–H groups in total. The molecule has 0 amide bonds. The first kappa shape index (κ1) is 27.1. The summed E-state index contributed by atoms with van der Waals surface area (Å²) in [6.07, 6.45) is 3.08. The van der Waals surface area contributed by atoms with Gasteiger partial charge in [-0.15, -0.1) is 11.3 Å². The lowest BCUT2D eigenvalue weighted by atomic mass is 10.1. The number of benzene rings is 2. The minimum absolute atomic E-state index is 0.0145. The maximum absolute atomic E-state index is 12.0. The van der Waals surface area contributed by atoms with E-state index in [2.05, 4.69) is 34.5 Å². The Kier molecular flexibility index (Phi) is 10.6. The largest absolute Gasteiger partial charge is 0.478 e. The van der Waals surface area contributed by atoms with E-state index in [1.54, 1.807) is 23.5 Å². The number of carboxylic acids is 2. The van der Waals surface area contributed by atoms with Crippen LogP contribution in [0.25, 0.3) is 10.1 Å². The molecule has 1 aromatic heterocycles. The summed E-state index contributed by atoms with van der Waals surface area (Å²) in [6.45, 7) is 4.15. The van der Waals surface area contributed by atoms with Crippen LogP contribution >= 0.6 is 11.3 Å². The molecule has 36 heavy (non-hydrogen) atoms. The van der Waals surface area contributed by atoms with Gasteiger partial charge in [0, 0.05) is 43.1 Å². The maximum Gasteiger partial charge on any atom is 0.338 e. The number of hydrogen-bond donors (Lipinski definition) is 2. The number of aliphatic carboxylic acids is 2. The molecule has 0 aliphatic carbocycles. The number of likely N-dealkylation sites (tertiary alicyclic amines) is 1. The van der Waals surface area contributed by atoms with Gasteiger partial charge in [0.1, 0.15) is 6.10 Å². The zero-order valence-electron chi connectivity index (χ0n) is 19.7. The first-order chi connectivity index (χ1) is 17.4. The molecule has 0 bridgehead atoms. The molecule has 1 aliphatic rings. The van der Waals surface area contributed by atoms with Crippen molar-refractivity contribution in [1.82, 2.24) is 4.90 Å². The first-order valence-electron chi connectivity index (χ1n) is 11.6. The molecule has 0 atom stereocenters. The summed E-state index contributed by atoms with van der Waals surface area (Å²) in [6, 6.07) is 18.0. The van der Waals surface area contributed by atoms with Gasteiger partial charge in [-0.25, -0.2) is 14.4 Å².